The van der Waals surface area contributed by atoms with Gasteiger partial charge in [-0.05, 0) is 17.7 Å². The number of amides is 3. The van der Waals surface area contributed by atoms with Gasteiger partial charge in [-0.3, -0.25) is 14.4 Å². The van der Waals surface area contributed by atoms with Crippen molar-refractivity contribution in [2.24, 2.45) is 5.73 Å². The molecule has 1 aliphatic rings. The van der Waals surface area contributed by atoms with Crippen LogP contribution < -0.4 is 10.7 Å². The van der Waals surface area contributed by atoms with Crippen LogP contribution in [0.4, 0.5) is 10.5 Å². The zero-order valence-corrected chi connectivity index (χ0v) is 15.8. The molecule has 29 heavy (non-hydrogen) atoms. The van der Waals surface area contributed by atoms with E-state index in [2.05, 4.69) is 0 Å². The zero-order valence-electron chi connectivity index (χ0n) is 15.8. The molecule has 1 saturated heterocycles. The van der Waals surface area contributed by atoms with Gasteiger partial charge in [-0.2, -0.15) is 5.06 Å². The van der Waals surface area contributed by atoms with Crippen LogP contribution >= 0.6 is 0 Å². The quantitative estimate of drug-likeness (QED) is 0.685. The average molecular weight is 398 g/mol. The van der Waals surface area contributed by atoms with Gasteiger partial charge in [0.1, 0.15) is 6.61 Å². The maximum atomic E-state index is 13.2. The molecule has 9 heteroatoms. The number of anilines is 1. The lowest BCUT2D eigenvalue weighted by Crippen LogP contribution is -2.52. The first-order chi connectivity index (χ1) is 13.9. The molecule has 3 N–H and O–H groups in total. The summed E-state index contributed by atoms with van der Waals surface area (Å²) in [5.74, 6) is -1.61. The van der Waals surface area contributed by atoms with Crippen molar-refractivity contribution in [2.45, 2.75) is 25.1 Å². The number of aliphatic carboxylic acids is 1. The molecule has 0 saturated carbocycles. The lowest BCUT2D eigenvalue weighted by Gasteiger charge is -2.29. The van der Waals surface area contributed by atoms with Gasteiger partial charge >= 0.3 is 12.0 Å². The van der Waals surface area contributed by atoms with Gasteiger partial charge in [0.05, 0.1) is 18.2 Å². The molecule has 2 aromatic rings. The molecule has 2 aromatic carbocycles. The third kappa shape index (κ3) is 4.36. The minimum Gasteiger partial charge on any atom is -0.481 e. The summed E-state index contributed by atoms with van der Waals surface area (Å²) in [6.07, 6.45) is -0.380. The number of hydrogen-bond acceptors (Lipinski definition) is 5. The van der Waals surface area contributed by atoms with Crippen LogP contribution in [0.25, 0.3) is 0 Å². The number of benzene rings is 2. The lowest BCUT2D eigenvalue weighted by atomic mass is 10.1. The van der Waals surface area contributed by atoms with Crippen molar-refractivity contribution in [3.63, 3.8) is 0 Å². The minimum atomic E-state index is -1.21. The van der Waals surface area contributed by atoms with E-state index in [9.17, 15) is 19.5 Å². The molecule has 2 atom stereocenters. The number of carbonyl (C=O) groups excluding carboxylic acids is 2. The summed E-state index contributed by atoms with van der Waals surface area (Å²) in [6, 6.07) is 14.8. The topological polar surface area (TPSA) is 116 Å². The fourth-order valence-electron chi connectivity index (χ4n) is 3.36. The molecule has 1 aliphatic heterocycles. The van der Waals surface area contributed by atoms with Gasteiger partial charge in [-0.1, -0.05) is 48.5 Å². The second-order valence-electron chi connectivity index (χ2n) is 6.59. The Balaban J connectivity index is 1.91. The summed E-state index contributed by atoms with van der Waals surface area (Å²) >= 11 is 0. The third-order valence-corrected chi connectivity index (χ3v) is 4.69. The summed E-state index contributed by atoms with van der Waals surface area (Å²) in [7, 11) is 1.59. The van der Waals surface area contributed by atoms with E-state index in [1.165, 1.54) is 10.0 Å². The summed E-state index contributed by atoms with van der Waals surface area (Å²) in [5.41, 5.74) is 6.81. The molecule has 0 radical (unpaired) electrons. The smallest absolute Gasteiger partial charge is 0.339 e. The molecule has 0 spiro atoms. The number of hydrogen-bond donors (Lipinski definition) is 2. The van der Waals surface area contributed by atoms with Crippen LogP contribution in [0.3, 0.4) is 0 Å². The first kappa shape index (κ1) is 20.3. The van der Waals surface area contributed by atoms with Gasteiger partial charge in [0.25, 0.3) is 5.91 Å². The van der Waals surface area contributed by atoms with E-state index >= 15 is 0 Å². The van der Waals surface area contributed by atoms with Crippen LogP contribution in [0.1, 0.15) is 12.0 Å². The van der Waals surface area contributed by atoms with Crippen LogP contribution in [-0.4, -0.2) is 52.2 Å². The van der Waals surface area contributed by atoms with E-state index in [1.54, 1.807) is 49.5 Å². The second kappa shape index (κ2) is 8.72. The van der Waals surface area contributed by atoms with E-state index in [-0.39, 0.29) is 13.0 Å². The van der Waals surface area contributed by atoms with Crippen molar-refractivity contribution >= 4 is 23.6 Å². The van der Waals surface area contributed by atoms with Gasteiger partial charge in [-0.15, -0.1) is 0 Å². The van der Waals surface area contributed by atoms with Crippen molar-refractivity contribution < 1.29 is 24.3 Å². The Hall–Kier alpha value is -3.43. The van der Waals surface area contributed by atoms with Gasteiger partial charge < -0.3 is 10.8 Å². The van der Waals surface area contributed by atoms with Crippen LogP contribution in [0, 0.1) is 0 Å². The summed E-state index contributed by atoms with van der Waals surface area (Å²) in [4.78, 5) is 42.4. The van der Waals surface area contributed by atoms with Crippen molar-refractivity contribution in [2.75, 3.05) is 12.1 Å². The van der Waals surface area contributed by atoms with Gasteiger partial charge in [-0.25, -0.2) is 14.8 Å². The highest BCUT2D eigenvalue weighted by Gasteiger charge is 2.51. The standard InChI is InChI=1S/C20H22N4O5/c1-22-16(12-17(25)26)18(19(27)23(22)15-10-6-3-7-11-15)24(20(21)28)29-13-14-8-4-2-5-9-14/h2-11,16,18H,12-13H2,1H3,(H2,21,28)(H,25,26). The van der Waals surface area contributed by atoms with Crippen LogP contribution in [0.5, 0.6) is 0 Å². The van der Waals surface area contributed by atoms with Gasteiger partial charge in [0, 0.05) is 7.05 Å². The first-order valence-electron chi connectivity index (χ1n) is 8.99. The van der Waals surface area contributed by atoms with Crippen molar-refractivity contribution in [3.8, 4) is 0 Å². The van der Waals surface area contributed by atoms with Crippen LogP contribution in [-0.2, 0) is 21.0 Å². The minimum absolute atomic E-state index is 0.00238. The Kier molecular flexibility index (Phi) is 6.10. The molecule has 0 aromatic heterocycles. The fourth-order valence-corrected chi connectivity index (χ4v) is 3.36. The lowest BCUT2D eigenvalue weighted by molar-refractivity contribution is -0.166. The number of nitrogens with zero attached hydrogens (tertiary/aromatic N) is 3. The number of urea groups is 1. The van der Waals surface area contributed by atoms with Gasteiger partial charge in [0.15, 0.2) is 6.04 Å². The molecular formula is C20H22N4O5. The highest BCUT2D eigenvalue weighted by atomic mass is 16.7. The largest absolute Gasteiger partial charge is 0.481 e. The molecule has 1 fully saturated rings. The Morgan fingerprint density at radius 3 is 2.24 bits per heavy atom. The van der Waals surface area contributed by atoms with E-state index < -0.39 is 30.0 Å². The van der Waals surface area contributed by atoms with E-state index in [4.69, 9.17) is 10.6 Å². The predicted molar refractivity (Wildman–Crippen MR) is 104 cm³/mol. The fraction of sp³-hybridized carbons (Fsp3) is 0.250. The molecule has 0 bridgehead atoms. The second-order valence-corrected chi connectivity index (χ2v) is 6.59. The van der Waals surface area contributed by atoms with Crippen LogP contribution in [0.2, 0.25) is 0 Å². The van der Waals surface area contributed by atoms with E-state index in [1.807, 2.05) is 18.2 Å². The summed E-state index contributed by atoms with van der Waals surface area (Å²) in [6.45, 7) is 0.00238. The third-order valence-electron chi connectivity index (χ3n) is 4.69. The Labute approximate surface area is 167 Å². The van der Waals surface area contributed by atoms with Crippen molar-refractivity contribution in [3.05, 3.63) is 66.2 Å². The molecule has 1 heterocycles. The van der Waals surface area contributed by atoms with Gasteiger partial charge in [0.2, 0.25) is 0 Å². The molecule has 3 amide bonds. The zero-order chi connectivity index (χ0) is 21.0. The van der Waals surface area contributed by atoms with E-state index in [0.29, 0.717) is 5.69 Å². The normalized spacial score (nSPS) is 19.3. The molecule has 0 aliphatic carbocycles. The number of carboxylic acid groups (broad SMARTS) is 1. The summed E-state index contributed by atoms with van der Waals surface area (Å²) < 4.78 is 0. The average Bonchev–Trinajstić information content (AvgIpc) is 2.93. The molecule has 152 valence electrons. The number of likely N-dealkylation sites (N-methyl/N-ethyl adjacent to an activating group) is 1. The Morgan fingerprint density at radius 1 is 1.10 bits per heavy atom. The SMILES string of the molecule is CN1C(CC(=O)O)C(N(OCc2ccccc2)C(N)=O)C(=O)N1c1ccccc1. The number of nitrogens with two attached hydrogens (primary N) is 1. The highest BCUT2D eigenvalue weighted by Crippen LogP contribution is 2.30. The molecular weight excluding hydrogens is 376 g/mol. The Morgan fingerprint density at radius 2 is 1.69 bits per heavy atom. The number of hydrazine groups is 1. The monoisotopic (exact) mass is 398 g/mol. The Bertz CT molecular complexity index is 877. The number of carboxylic acids is 1. The van der Waals surface area contributed by atoms with Crippen molar-refractivity contribution in [1.29, 1.82) is 0 Å². The van der Waals surface area contributed by atoms with Crippen LogP contribution in [0.15, 0.2) is 60.7 Å². The predicted octanol–water partition coefficient (Wildman–Crippen LogP) is 1.60. The number of carbonyl (C=O) groups is 3. The summed E-state index contributed by atoms with van der Waals surface area (Å²) in [5, 5.41) is 13.0. The first-order valence-corrected chi connectivity index (χ1v) is 8.99. The van der Waals surface area contributed by atoms with E-state index in [0.717, 1.165) is 10.6 Å². The molecule has 2 unspecified atom stereocenters. The number of para-hydroxylation sites is 1. The molecule has 3 rings (SSSR count). The van der Waals surface area contributed by atoms with Crippen molar-refractivity contribution in [1.82, 2.24) is 10.1 Å². The number of rotatable bonds is 7. The number of primary amides is 1. The highest BCUT2D eigenvalue weighted by molar-refractivity contribution is 6.01. The molecule has 9 nitrogen and oxygen atoms in total. The maximum absolute atomic E-state index is 13.2. The number of hydroxylamine groups is 2. The maximum Gasteiger partial charge on any atom is 0.339 e.